The normalized spacial score (nSPS) is 11.5. The average Bonchev–Trinajstić information content (AvgIpc) is 3.69. The van der Waals surface area contributed by atoms with Gasteiger partial charge in [-0.1, -0.05) is 84.9 Å². The Morgan fingerprint density at radius 2 is 1.09 bits per heavy atom. The predicted octanol–water partition coefficient (Wildman–Crippen LogP) is 9.91. The molecule has 5 nitrogen and oxygen atoms in total. The summed E-state index contributed by atoms with van der Waals surface area (Å²) in [5, 5.41) is 2.27. The van der Waals surface area contributed by atoms with Crippen LogP contribution in [0.4, 0.5) is 0 Å². The molecule has 4 heterocycles. The van der Waals surface area contributed by atoms with Gasteiger partial charge in [-0.3, -0.25) is 9.55 Å². The molecule has 0 amide bonds. The fourth-order valence-electron chi connectivity index (χ4n) is 6.62. The van der Waals surface area contributed by atoms with Crippen LogP contribution in [0, 0.1) is 0 Å². The number of nitrogens with zero attached hydrogens (tertiary/aromatic N) is 5. The van der Waals surface area contributed by atoms with Gasteiger partial charge in [0.15, 0.2) is 0 Å². The van der Waals surface area contributed by atoms with Gasteiger partial charge in [-0.2, -0.15) is 0 Å². The molecule has 9 rings (SSSR count). The lowest BCUT2D eigenvalue weighted by Crippen LogP contribution is -1.99. The van der Waals surface area contributed by atoms with Crippen LogP contribution in [0.5, 0.6) is 0 Å². The summed E-state index contributed by atoms with van der Waals surface area (Å²) >= 11 is 0. The van der Waals surface area contributed by atoms with E-state index in [2.05, 4.69) is 129 Å². The van der Waals surface area contributed by atoms with Gasteiger partial charge >= 0.3 is 0 Å². The fraction of sp³-hybridized carbons (Fsp3) is 0. The number of benzene rings is 5. The number of pyridine rings is 2. The van der Waals surface area contributed by atoms with E-state index in [4.69, 9.17) is 9.97 Å². The Kier molecular flexibility index (Phi) is 6.06. The highest BCUT2D eigenvalue weighted by Crippen LogP contribution is 2.40. The molecule has 0 unspecified atom stereocenters. The van der Waals surface area contributed by atoms with Crippen molar-refractivity contribution < 1.29 is 0 Å². The zero-order valence-electron chi connectivity index (χ0n) is 24.8. The molecule has 4 aromatic heterocycles. The summed E-state index contributed by atoms with van der Waals surface area (Å²) in [6.07, 6.45) is 5.44. The largest absolute Gasteiger partial charge is 0.309 e. The maximum absolute atomic E-state index is 5.36. The van der Waals surface area contributed by atoms with Gasteiger partial charge in [0.05, 0.1) is 22.1 Å². The summed E-state index contributed by atoms with van der Waals surface area (Å²) in [5.74, 6) is 1.65. The van der Waals surface area contributed by atoms with Gasteiger partial charge in [0.25, 0.3) is 0 Å². The van der Waals surface area contributed by atoms with Crippen LogP contribution < -0.4 is 0 Å². The van der Waals surface area contributed by atoms with Crippen LogP contribution in [-0.2, 0) is 0 Å². The molecule has 0 bridgehead atoms. The van der Waals surface area contributed by atoms with Gasteiger partial charge in [0.1, 0.15) is 11.6 Å². The molecule has 0 aliphatic heterocycles. The van der Waals surface area contributed by atoms with Gasteiger partial charge in [-0.05, 0) is 82.9 Å². The van der Waals surface area contributed by atoms with Crippen LogP contribution in [0.3, 0.4) is 0 Å². The number of hydrogen-bond acceptors (Lipinski definition) is 3. The maximum Gasteiger partial charge on any atom is 0.147 e. The lowest BCUT2D eigenvalue weighted by molar-refractivity contribution is 1.03. The van der Waals surface area contributed by atoms with Gasteiger partial charge < -0.3 is 4.57 Å². The molecular formula is C41H27N5. The standard InChI is InChI=1S/C41H27N5/c1-3-11-28(12-4-1)31-25-32(29-13-5-2-6-14-29)27-33(26-31)45-35-16-8-7-15-34(35)39-36(45)18-19-37-40(39)44-41(30-20-23-42-24-21-30)46(37)38-17-9-10-22-43-38/h1-27H. The topological polar surface area (TPSA) is 48.5 Å². The van der Waals surface area contributed by atoms with E-state index in [1.165, 1.54) is 22.3 Å². The van der Waals surface area contributed by atoms with Gasteiger partial charge in [0.2, 0.25) is 0 Å². The molecule has 0 saturated heterocycles. The third-order valence-corrected chi connectivity index (χ3v) is 8.67. The summed E-state index contributed by atoms with van der Waals surface area (Å²) in [7, 11) is 0. The van der Waals surface area contributed by atoms with E-state index in [0.717, 1.165) is 55.7 Å². The van der Waals surface area contributed by atoms with Crippen molar-refractivity contribution in [2.24, 2.45) is 0 Å². The fourth-order valence-corrected chi connectivity index (χ4v) is 6.62. The van der Waals surface area contributed by atoms with Gasteiger partial charge in [-0.25, -0.2) is 9.97 Å². The third kappa shape index (κ3) is 4.21. The highest BCUT2D eigenvalue weighted by molar-refractivity contribution is 6.20. The maximum atomic E-state index is 5.36. The average molecular weight is 590 g/mol. The third-order valence-electron chi connectivity index (χ3n) is 8.67. The Morgan fingerprint density at radius 1 is 0.435 bits per heavy atom. The van der Waals surface area contributed by atoms with E-state index >= 15 is 0 Å². The zero-order chi connectivity index (χ0) is 30.5. The summed E-state index contributed by atoms with van der Waals surface area (Å²) in [6.45, 7) is 0. The molecule has 0 N–H and O–H groups in total. The molecule has 0 fully saturated rings. The summed E-state index contributed by atoms with van der Waals surface area (Å²) < 4.78 is 4.54. The van der Waals surface area contributed by atoms with Crippen molar-refractivity contribution in [1.29, 1.82) is 0 Å². The van der Waals surface area contributed by atoms with Crippen LogP contribution in [0.1, 0.15) is 0 Å². The van der Waals surface area contributed by atoms with Crippen molar-refractivity contribution in [1.82, 2.24) is 24.1 Å². The van der Waals surface area contributed by atoms with Crippen molar-refractivity contribution >= 4 is 32.8 Å². The molecule has 9 aromatic rings. The molecule has 0 atom stereocenters. The van der Waals surface area contributed by atoms with Crippen LogP contribution in [0.2, 0.25) is 0 Å². The first-order chi connectivity index (χ1) is 22.8. The second-order valence-corrected chi connectivity index (χ2v) is 11.4. The van der Waals surface area contributed by atoms with E-state index in [-0.39, 0.29) is 0 Å². The minimum Gasteiger partial charge on any atom is -0.309 e. The first kappa shape index (κ1) is 26.1. The minimum absolute atomic E-state index is 0.822. The van der Waals surface area contributed by atoms with Gasteiger partial charge in [0, 0.05) is 40.6 Å². The summed E-state index contributed by atoms with van der Waals surface area (Å²) in [4.78, 5) is 14.3. The molecular weight excluding hydrogens is 562 g/mol. The lowest BCUT2D eigenvalue weighted by atomic mass is 9.98. The second-order valence-electron chi connectivity index (χ2n) is 11.4. The zero-order valence-corrected chi connectivity index (χ0v) is 24.8. The molecule has 0 radical (unpaired) electrons. The smallest absolute Gasteiger partial charge is 0.147 e. The minimum atomic E-state index is 0.822. The first-order valence-electron chi connectivity index (χ1n) is 15.4. The van der Waals surface area contributed by atoms with Crippen molar-refractivity contribution in [3.05, 3.63) is 164 Å². The van der Waals surface area contributed by atoms with E-state index in [1.807, 2.05) is 48.9 Å². The number of fused-ring (bicyclic) bond motifs is 5. The predicted molar refractivity (Wildman–Crippen MR) is 187 cm³/mol. The molecule has 216 valence electrons. The monoisotopic (exact) mass is 589 g/mol. The van der Waals surface area contributed by atoms with Crippen LogP contribution in [0.25, 0.3) is 78.0 Å². The highest BCUT2D eigenvalue weighted by Gasteiger charge is 2.22. The summed E-state index contributed by atoms with van der Waals surface area (Å²) in [5.41, 5.74) is 11.0. The lowest BCUT2D eigenvalue weighted by Gasteiger charge is -2.14. The molecule has 5 heteroatoms. The molecule has 0 aliphatic carbocycles. The van der Waals surface area contributed by atoms with Crippen molar-refractivity contribution in [3.8, 4) is 45.1 Å². The second kappa shape index (κ2) is 10.7. The highest BCUT2D eigenvalue weighted by atomic mass is 15.1. The number of para-hydroxylation sites is 1. The number of rotatable bonds is 5. The Labute approximate surface area is 265 Å². The number of hydrogen-bond donors (Lipinski definition) is 0. The summed E-state index contributed by atoms with van der Waals surface area (Å²) in [6, 6.07) is 51.1. The van der Waals surface area contributed by atoms with Gasteiger partial charge in [-0.15, -0.1) is 0 Å². The van der Waals surface area contributed by atoms with Crippen LogP contribution in [-0.4, -0.2) is 24.1 Å². The molecule has 0 spiro atoms. The van der Waals surface area contributed by atoms with E-state index in [1.54, 1.807) is 0 Å². The molecule has 46 heavy (non-hydrogen) atoms. The quantitative estimate of drug-likeness (QED) is 0.201. The SMILES string of the molecule is c1ccc(-c2cc(-c3ccccc3)cc(-n3c4ccccc4c4c5nc(-c6ccncc6)n(-c6ccccn6)c5ccc43)c2)cc1. The Bertz CT molecular complexity index is 2440. The Hall–Kier alpha value is -6.33. The van der Waals surface area contributed by atoms with Crippen LogP contribution in [0.15, 0.2) is 164 Å². The Morgan fingerprint density at radius 3 is 1.78 bits per heavy atom. The van der Waals surface area contributed by atoms with Crippen molar-refractivity contribution in [2.45, 2.75) is 0 Å². The molecule has 0 saturated carbocycles. The van der Waals surface area contributed by atoms with Crippen molar-refractivity contribution in [3.63, 3.8) is 0 Å². The molecule has 0 aliphatic rings. The van der Waals surface area contributed by atoms with E-state index < -0.39 is 0 Å². The van der Waals surface area contributed by atoms with E-state index in [0.29, 0.717) is 0 Å². The first-order valence-corrected chi connectivity index (χ1v) is 15.4. The Balaban J connectivity index is 1.38. The number of imidazole rings is 1. The number of aromatic nitrogens is 5. The van der Waals surface area contributed by atoms with Crippen molar-refractivity contribution in [2.75, 3.05) is 0 Å². The van der Waals surface area contributed by atoms with Crippen LogP contribution >= 0.6 is 0 Å². The molecule has 5 aromatic carbocycles. The van der Waals surface area contributed by atoms with E-state index in [9.17, 15) is 0 Å².